The summed E-state index contributed by atoms with van der Waals surface area (Å²) in [4.78, 5) is 5.86. The molecule has 2 heterocycles. The highest BCUT2D eigenvalue weighted by Crippen LogP contribution is 2.31. The first-order valence-electron chi connectivity index (χ1n) is 11.5. The number of ether oxygens (including phenoxy) is 2. The van der Waals surface area contributed by atoms with Gasteiger partial charge in [-0.15, -0.1) is 10.2 Å². The lowest BCUT2D eigenvalue weighted by Crippen LogP contribution is -2.22. The molecular weight excluding hydrogens is 473 g/mol. The molecule has 0 fully saturated rings. The molecule has 4 aromatic rings. The second kappa shape index (κ2) is 11.1. The third-order valence-electron chi connectivity index (χ3n) is 5.54. The Kier molecular flexibility index (Phi) is 7.77. The fraction of sp³-hybridized carbons (Fsp3) is 0.320. The Hall–Kier alpha value is -4.02. The van der Waals surface area contributed by atoms with Crippen molar-refractivity contribution in [2.24, 2.45) is 0 Å². The molecule has 0 aliphatic carbocycles. The highest BCUT2D eigenvalue weighted by Gasteiger charge is 2.18. The number of imidazole rings is 1. The maximum atomic E-state index is 14.8. The summed E-state index contributed by atoms with van der Waals surface area (Å²) in [5.41, 5.74) is 1.98. The normalized spacial score (nSPS) is 11.2. The second-order valence-corrected chi connectivity index (χ2v) is 8.06. The monoisotopic (exact) mass is 500 g/mol. The highest BCUT2D eigenvalue weighted by atomic mass is 19.3. The van der Waals surface area contributed by atoms with Gasteiger partial charge in [0.1, 0.15) is 11.6 Å². The van der Waals surface area contributed by atoms with E-state index in [4.69, 9.17) is 4.74 Å². The molecule has 0 saturated carbocycles. The Morgan fingerprint density at radius 2 is 1.83 bits per heavy atom. The fourth-order valence-corrected chi connectivity index (χ4v) is 3.93. The average molecular weight is 501 g/mol. The van der Waals surface area contributed by atoms with Crippen LogP contribution in [0.25, 0.3) is 5.69 Å². The van der Waals surface area contributed by atoms with Crippen molar-refractivity contribution in [1.82, 2.24) is 24.3 Å². The predicted octanol–water partition coefficient (Wildman–Crippen LogP) is 4.85. The zero-order valence-corrected chi connectivity index (χ0v) is 20.2. The van der Waals surface area contributed by atoms with E-state index in [2.05, 4.69) is 19.9 Å². The predicted molar refractivity (Wildman–Crippen MR) is 128 cm³/mol. The van der Waals surface area contributed by atoms with Crippen LogP contribution in [0.2, 0.25) is 0 Å². The van der Waals surface area contributed by atoms with Crippen molar-refractivity contribution in [2.45, 2.75) is 40.0 Å². The molecule has 0 radical (unpaired) electrons. The fourth-order valence-electron chi connectivity index (χ4n) is 3.93. The molecule has 0 saturated heterocycles. The molecule has 0 N–H and O–H groups in total. The summed E-state index contributed by atoms with van der Waals surface area (Å²) in [5.74, 6) is 1.22. The number of rotatable bonds is 11. The van der Waals surface area contributed by atoms with E-state index in [0.717, 1.165) is 17.0 Å². The van der Waals surface area contributed by atoms with Gasteiger partial charge in [0.2, 0.25) is 5.95 Å². The first-order chi connectivity index (χ1) is 17.4. The minimum absolute atomic E-state index is 0.0177. The molecule has 0 atom stereocenters. The smallest absolute Gasteiger partial charge is 0.387 e. The number of anilines is 1. The average Bonchev–Trinajstić information content (AvgIpc) is 3.51. The Balaban J connectivity index is 1.56. The third-order valence-corrected chi connectivity index (χ3v) is 5.54. The van der Waals surface area contributed by atoms with E-state index in [1.807, 2.05) is 29.5 Å². The summed E-state index contributed by atoms with van der Waals surface area (Å²) in [6.07, 6.45) is 5.47. The lowest BCUT2D eigenvalue weighted by molar-refractivity contribution is -0.0514. The van der Waals surface area contributed by atoms with Crippen LogP contribution in [0.3, 0.4) is 0 Å². The van der Waals surface area contributed by atoms with E-state index in [0.29, 0.717) is 37.8 Å². The number of hydrogen-bond donors (Lipinski definition) is 0. The first-order valence-corrected chi connectivity index (χ1v) is 11.5. The Bertz CT molecular complexity index is 1290. The van der Waals surface area contributed by atoms with E-state index >= 15 is 0 Å². The van der Waals surface area contributed by atoms with Crippen molar-refractivity contribution in [3.05, 3.63) is 77.9 Å². The van der Waals surface area contributed by atoms with Gasteiger partial charge in [0, 0.05) is 32.4 Å². The van der Waals surface area contributed by atoms with Crippen molar-refractivity contribution in [2.75, 3.05) is 18.6 Å². The van der Waals surface area contributed by atoms with Crippen LogP contribution < -0.4 is 14.4 Å². The number of aryl methyl sites for hydroxylation is 1. The zero-order chi connectivity index (χ0) is 25.7. The van der Waals surface area contributed by atoms with Gasteiger partial charge in [-0.05, 0) is 42.3 Å². The molecule has 190 valence electrons. The molecule has 0 amide bonds. The maximum Gasteiger partial charge on any atom is 0.387 e. The van der Waals surface area contributed by atoms with Gasteiger partial charge in [-0.3, -0.25) is 4.57 Å². The minimum Gasteiger partial charge on any atom is -0.490 e. The number of aromatic nitrogens is 5. The molecular formula is C25H27F3N6O2. The molecule has 0 aliphatic heterocycles. The van der Waals surface area contributed by atoms with Gasteiger partial charge in [-0.1, -0.05) is 19.1 Å². The lowest BCUT2D eigenvalue weighted by atomic mass is 10.2. The third kappa shape index (κ3) is 5.61. The van der Waals surface area contributed by atoms with Crippen LogP contribution in [0.1, 0.15) is 30.8 Å². The van der Waals surface area contributed by atoms with Gasteiger partial charge in [0.25, 0.3) is 0 Å². The van der Waals surface area contributed by atoms with E-state index in [9.17, 15) is 13.2 Å². The Labute approximate surface area is 206 Å². The molecule has 0 unspecified atom stereocenters. The van der Waals surface area contributed by atoms with E-state index < -0.39 is 6.61 Å². The van der Waals surface area contributed by atoms with Crippen LogP contribution in [-0.4, -0.2) is 44.6 Å². The minimum atomic E-state index is -2.94. The summed E-state index contributed by atoms with van der Waals surface area (Å²) in [7, 11) is 1.85. The summed E-state index contributed by atoms with van der Waals surface area (Å²) in [6, 6.07) is 9.90. The number of hydrogen-bond acceptors (Lipinski definition) is 6. The highest BCUT2D eigenvalue weighted by molar-refractivity contribution is 5.45. The van der Waals surface area contributed by atoms with Crippen molar-refractivity contribution in [3.63, 3.8) is 0 Å². The van der Waals surface area contributed by atoms with Crippen LogP contribution in [0, 0.1) is 5.82 Å². The van der Waals surface area contributed by atoms with Gasteiger partial charge in [-0.25, -0.2) is 9.37 Å². The standard InChI is InChI=1S/C25H27F3N6O2/c1-4-23-30-31-25(32(3)14-18-7-9-21(36-24(27)28)22(13-18)35-5-2)34(23)15-17-6-8-20(19(26)12-17)33-11-10-29-16-33/h6-13,16,24H,4-5,14-15H2,1-3H3. The molecule has 0 aliphatic rings. The molecule has 0 bridgehead atoms. The van der Waals surface area contributed by atoms with Crippen LogP contribution in [-0.2, 0) is 19.5 Å². The second-order valence-electron chi connectivity index (χ2n) is 8.06. The van der Waals surface area contributed by atoms with Crippen molar-refractivity contribution in [3.8, 4) is 17.2 Å². The molecule has 0 spiro atoms. The van der Waals surface area contributed by atoms with Gasteiger partial charge in [-0.2, -0.15) is 8.78 Å². The summed E-state index contributed by atoms with van der Waals surface area (Å²) in [6.45, 7) is 1.90. The topological polar surface area (TPSA) is 70.2 Å². The molecule has 36 heavy (non-hydrogen) atoms. The summed E-state index contributed by atoms with van der Waals surface area (Å²) < 4.78 is 53.8. The summed E-state index contributed by atoms with van der Waals surface area (Å²) in [5, 5.41) is 8.66. The number of alkyl halides is 2. The van der Waals surface area contributed by atoms with Gasteiger partial charge in [0.05, 0.1) is 25.2 Å². The van der Waals surface area contributed by atoms with Crippen LogP contribution >= 0.6 is 0 Å². The molecule has 8 nitrogen and oxygen atoms in total. The first kappa shape index (κ1) is 25.1. The Morgan fingerprint density at radius 1 is 1.03 bits per heavy atom. The SMILES string of the molecule is CCOc1cc(CN(C)c2nnc(CC)n2Cc2ccc(-n3ccnc3)c(F)c2)ccc1OC(F)F. The quantitative estimate of drug-likeness (QED) is 0.293. The van der Waals surface area contributed by atoms with Crippen molar-refractivity contribution < 1.29 is 22.6 Å². The van der Waals surface area contributed by atoms with E-state index in [-0.39, 0.29) is 17.3 Å². The van der Waals surface area contributed by atoms with E-state index in [1.54, 1.807) is 48.4 Å². The van der Waals surface area contributed by atoms with Crippen LogP contribution in [0.4, 0.5) is 19.1 Å². The van der Waals surface area contributed by atoms with Crippen LogP contribution in [0.5, 0.6) is 11.5 Å². The molecule has 4 rings (SSSR count). The molecule has 11 heteroatoms. The van der Waals surface area contributed by atoms with Gasteiger partial charge < -0.3 is 18.9 Å². The largest absolute Gasteiger partial charge is 0.490 e. The van der Waals surface area contributed by atoms with Crippen molar-refractivity contribution >= 4 is 5.95 Å². The number of nitrogens with zero attached hydrogens (tertiary/aromatic N) is 6. The van der Waals surface area contributed by atoms with Crippen LogP contribution in [0.15, 0.2) is 55.1 Å². The van der Waals surface area contributed by atoms with Crippen molar-refractivity contribution in [1.29, 1.82) is 0 Å². The van der Waals surface area contributed by atoms with Gasteiger partial charge in [0.15, 0.2) is 11.5 Å². The molecule has 2 aromatic heterocycles. The number of benzene rings is 2. The molecule has 2 aromatic carbocycles. The van der Waals surface area contributed by atoms with E-state index in [1.165, 1.54) is 12.1 Å². The van der Waals surface area contributed by atoms with Gasteiger partial charge >= 0.3 is 6.61 Å². The maximum absolute atomic E-state index is 14.8. The summed E-state index contributed by atoms with van der Waals surface area (Å²) >= 11 is 0. The Morgan fingerprint density at radius 3 is 2.50 bits per heavy atom. The zero-order valence-electron chi connectivity index (χ0n) is 20.2. The lowest BCUT2D eigenvalue weighted by Gasteiger charge is -2.21. The number of halogens is 3.